The van der Waals surface area contributed by atoms with Crippen molar-refractivity contribution in [3.8, 4) is 0 Å². The Hall–Kier alpha value is -1.30. The van der Waals surface area contributed by atoms with E-state index in [-0.39, 0.29) is 5.92 Å². The summed E-state index contributed by atoms with van der Waals surface area (Å²) in [7, 11) is 0. The van der Waals surface area contributed by atoms with Crippen LogP contribution in [0.2, 0.25) is 0 Å². The molecule has 0 aliphatic carbocycles. The van der Waals surface area contributed by atoms with Gasteiger partial charge in [-0.1, -0.05) is 13.3 Å². The van der Waals surface area contributed by atoms with Gasteiger partial charge in [0.1, 0.15) is 17.2 Å². The Morgan fingerprint density at radius 1 is 1.59 bits per heavy atom. The summed E-state index contributed by atoms with van der Waals surface area (Å²) in [4.78, 5) is 19.1. The van der Waals surface area contributed by atoms with E-state index in [0.29, 0.717) is 18.8 Å². The van der Waals surface area contributed by atoms with Crippen LogP contribution in [0.4, 0.5) is 5.82 Å². The molecule has 0 aliphatic rings. The second-order valence-electron chi connectivity index (χ2n) is 3.65. The number of nitrogens with zero attached hydrogens (tertiary/aromatic N) is 2. The van der Waals surface area contributed by atoms with E-state index in [2.05, 4.69) is 15.3 Å². The molecular weight excluding hydrogens is 238 g/mol. The van der Waals surface area contributed by atoms with E-state index < -0.39 is 5.97 Å². The Kier molecular flexibility index (Phi) is 5.76. The lowest BCUT2D eigenvalue weighted by Crippen LogP contribution is -2.23. The molecule has 0 bridgehead atoms. The van der Waals surface area contributed by atoms with Crippen molar-refractivity contribution < 1.29 is 9.90 Å². The summed E-state index contributed by atoms with van der Waals surface area (Å²) in [5.74, 6) is -0.460. The van der Waals surface area contributed by atoms with Crippen LogP contribution in [0.1, 0.15) is 19.8 Å². The maximum atomic E-state index is 11.0. The van der Waals surface area contributed by atoms with Gasteiger partial charge in [0.15, 0.2) is 0 Å². The lowest BCUT2D eigenvalue weighted by molar-refractivity contribution is -0.141. The van der Waals surface area contributed by atoms with Gasteiger partial charge >= 0.3 is 5.97 Å². The maximum absolute atomic E-state index is 11.0. The van der Waals surface area contributed by atoms with Gasteiger partial charge in [-0.15, -0.1) is 11.8 Å². The number of thioether (sulfide) groups is 1. The average Bonchev–Trinajstić information content (AvgIpc) is 2.34. The molecule has 5 nitrogen and oxygen atoms in total. The first kappa shape index (κ1) is 13.8. The average molecular weight is 255 g/mol. The molecule has 2 N–H and O–H groups in total. The van der Waals surface area contributed by atoms with Gasteiger partial charge in [0.25, 0.3) is 0 Å². The first-order valence-electron chi connectivity index (χ1n) is 5.50. The first-order chi connectivity index (χ1) is 8.17. The minimum absolute atomic E-state index is 0.368. The monoisotopic (exact) mass is 255 g/mol. The molecule has 0 saturated carbocycles. The lowest BCUT2D eigenvalue weighted by Gasteiger charge is -2.12. The normalized spacial score (nSPS) is 12.1. The van der Waals surface area contributed by atoms with Crippen LogP contribution < -0.4 is 5.32 Å². The van der Waals surface area contributed by atoms with Crippen molar-refractivity contribution in [3.05, 3.63) is 12.4 Å². The van der Waals surface area contributed by atoms with Crippen molar-refractivity contribution in [1.29, 1.82) is 0 Å². The Balaban J connectivity index is 2.55. The highest BCUT2D eigenvalue weighted by Gasteiger charge is 2.15. The smallest absolute Gasteiger partial charge is 0.308 e. The Morgan fingerprint density at radius 3 is 2.94 bits per heavy atom. The van der Waals surface area contributed by atoms with Crippen molar-refractivity contribution in [2.45, 2.75) is 24.8 Å². The number of rotatable bonds is 7. The van der Waals surface area contributed by atoms with Crippen LogP contribution in [-0.2, 0) is 4.79 Å². The van der Waals surface area contributed by atoms with E-state index in [1.54, 1.807) is 0 Å². The topological polar surface area (TPSA) is 75.1 Å². The summed E-state index contributed by atoms with van der Waals surface area (Å²) in [5.41, 5.74) is 0. The number of carbonyl (C=O) groups is 1. The number of anilines is 1. The summed E-state index contributed by atoms with van der Waals surface area (Å²) < 4.78 is 0. The zero-order chi connectivity index (χ0) is 12.7. The van der Waals surface area contributed by atoms with Crippen LogP contribution in [0.3, 0.4) is 0 Å². The summed E-state index contributed by atoms with van der Waals surface area (Å²) in [6.07, 6.45) is 4.94. The highest BCUT2D eigenvalue weighted by atomic mass is 32.2. The molecule has 0 aliphatic heterocycles. The molecule has 1 rings (SSSR count). The standard InChI is InChI=1S/C11H17N3O2S/c1-3-4-8(11(15)16)6-12-9-5-10(17-2)14-7-13-9/h5,7-8H,3-4,6H2,1-2H3,(H,15,16)(H,12,13,14). The SMILES string of the molecule is CCCC(CNc1cc(SC)ncn1)C(=O)O. The molecule has 0 aromatic carbocycles. The third-order valence-electron chi connectivity index (χ3n) is 2.37. The molecule has 0 amide bonds. The molecule has 6 heteroatoms. The summed E-state index contributed by atoms with van der Waals surface area (Å²) in [6, 6.07) is 1.82. The number of nitrogens with one attached hydrogen (secondary N) is 1. The van der Waals surface area contributed by atoms with E-state index in [0.717, 1.165) is 11.4 Å². The fourth-order valence-electron chi connectivity index (χ4n) is 1.44. The predicted octanol–water partition coefficient (Wildman–Crippen LogP) is 2.11. The van der Waals surface area contributed by atoms with E-state index in [9.17, 15) is 4.79 Å². The van der Waals surface area contributed by atoms with E-state index in [1.807, 2.05) is 19.2 Å². The molecule has 0 radical (unpaired) electrons. The minimum Gasteiger partial charge on any atom is -0.481 e. The molecule has 1 aromatic rings. The molecule has 17 heavy (non-hydrogen) atoms. The molecule has 0 fully saturated rings. The number of hydrogen-bond acceptors (Lipinski definition) is 5. The van der Waals surface area contributed by atoms with Gasteiger partial charge in [0.05, 0.1) is 5.92 Å². The quantitative estimate of drug-likeness (QED) is 0.574. The second kappa shape index (κ2) is 7.11. The zero-order valence-electron chi connectivity index (χ0n) is 10.0. The largest absolute Gasteiger partial charge is 0.481 e. The Bertz CT molecular complexity index is 373. The third kappa shape index (κ3) is 4.60. The minimum atomic E-state index is -0.765. The van der Waals surface area contributed by atoms with Gasteiger partial charge < -0.3 is 10.4 Å². The van der Waals surface area contributed by atoms with E-state index >= 15 is 0 Å². The number of carboxylic acids is 1. The Labute approximate surface area is 105 Å². The van der Waals surface area contributed by atoms with Crippen LogP contribution in [-0.4, -0.2) is 33.8 Å². The highest BCUT2D eigenvalue weighted by Crippen LogP contribution is 2.14. The first-order valence-corrected chi connectivity index (χ1v) is 6.72. The van der Waals surface area contributed by atoms with Gasteiger partial charge in [-0.05, 0) is 12.7 Å². The second-order valence-corrected chi connectivity index (χ2v) is 4.48. The highest BCUT2D eigenvalue weighted by molar-refractivity contribution is 7.98. The van der Waals surface area contributed by atoms with Crippen molar-refractivity contribution in [3.63, 3.8) is 0 Å². The van der Waals surface area contributed by atoms with Gasteiger partial charge in [0, 0.05) is 12.6 Å². The van der Waals surface area contributed by atoms with Crippen LogP contribution >= 0.6 is 11.8 Å². The summed E-state index contributed by atoms with van der Waals surface area (Å²) >= 11 is 1.53. The fraction of sp³-hybridized carbons (Fsp3) is 0.545. The van der Waals surface area contributed by atoms with Gasteiger partial charge in [-0.2, -0.15) is 0 Å². The molecule has 1 heterocycles. The zero-order valence-corrected chi connectivity index (χ0v) is 10.8. The number of hydrogen-bond donors (Lipinski definition) is 2. The molecule has 94 valence electrons. The van der Waals surface area contributed by atoms with E-state index in [4.69, 9.17) is 5.11 Å². The molecular formula is C11H17N3O2S. The molecule has 0 saturated heterocycles. The van der Waals surface area contributed by atoms with Gasteiger partial charge in [-0.3, -0.25) is 4.79 Å². The van der Waals surface area contributed by atoms with Gasteiger partial charge in [0.2, 0.25) is 0 Å². The van der Waals surface area contributed by atoms with Gasteiger partial charge in [-0.25, -0.2) is 9.97 Å². The van der Waals surface area contributed by atoms with Crippen molar-refractivity contribution in [2.75, 3.05) is 18.1 Å². The molecule has 0 spiro atoms. The number of aliphatic carboxylic acids is 1. The lowest BCUT2D eigenvalue weighted by atomic mass is 10.0. The number of aromatic nitrogens is 2. The van der Waals surface area contributed by atoms with Crippen LogP contribution in [0.25, 0.3) is 0 Å². The summed E-state index contributed by atoms with van der Waals surface area (Å²) in [5, 5.41) is 12.9. The molecule has 1 aromatic heterocycles. The van der Waals surface area contributed by atoms with Crippen LogP contribution in [0.15, 0.2) is 17.4 Å². The third-order valence-corrected chi connectivity index (χ3v) is 3.01. The number of carboxylic acid groups (broad SMARTS) is 1. The Morgan fingerprint density at radius 2 is 2.35 bits per heavy atom. The van der Waals surface area contributed by atoms with Crippen LogP contribution in [0, 0.1) is 5.92 Å². The maximum Gasteiger partial charge on any atom is 0.308 e. The molecule has 1 unspecified atom stereocenters. The van der Waals surface area contributed by atoms with Crippen LogP contribution in [0.5, 0.6) is 0 Å². The fourth-order valence-corrected chi connectivity index (χ4v) is 1.82. The van der Waals surface area contributed by atoms with E-state index in [1.165, 1.54) is 18.1 Å². The van der Waals surface area contributed by atoms with Crippen molar-refractivity contribution >= 4 is 23.5 Å². The van der Waals surface area contributed by atoms with Crippen molar-refractivity contribution in [1.82, 2.24) is 9.97 Å². The van der Waals surface area contributed by atoms with Crippen molar-refractivity contribution in [2.24, 2.45) is 5.92 Å². The molecule has 1 atom stereocenters. The summed E-state index contributed by atoms with van der Waals surface area (Å²) in [6.45, 7) is 2.38. The predicted molar refractivity (Wildman–Crippen MR) is 68.3 cm³/mol.